The Labute approximate surface area is 348 Å². The molecule has 0 aromatic rings. The minimum atomic E-state index is -4.40. The van der Waals surface area contributed by atoms with Gasteiger partial charge in [0.1, 0.15) is 19.8 Å². The molecule has 0 fully saturated rings. The molecule has 2 atom stereocenters. The summed E-state index contributed by atoms with van der Waals surface area (Å²) in [7, 11) is 1.42. The van der Waals surface area contributed by atoms with Crippen molar-refractivity contribution in [2.45, 2.75) is 167 Å². The van der Waals surface area contributed by atoms with Crippen LogP contribution in [0.3, 0.4) is 0 Å². The number of rotatable bonds is 40. The predicted molar refractivity (Wildman–Crippen MR) is 235 cm³/mol. The number of esters is 2. The van der Waals surface area contributed by atoms with E-state index in [1.165, 1.54) is 44.9 Å². The molecule has 11 heteroatoms. The molecule has 0 aliphatic rings. The summed E-state index contributed by atoms with van der Waals surface area (Å²) >= 11 is 0. The van der Waals surface area contributed by atoms with Crippen LogP contribution < -0.4 is 0 Å². The van der Waals surface area contributed by atoms with Crippen molar-refractivity contribution in [2.24, 2.45) is 0 Å². The first-order chi connectivity index (χ1) is 27.5. The van der Waals surface area contributed by atoms with E-state index in [2.05, 4.69) is 61.6 Å². The molecule has 2 N–H and O–H groups in total. The van der Waals surface area contributed by atoms with Gasteiger partial charge in [0.25, 0.3) is 0 Å². The lowest BCUT2D eigenvalue weighted by Gasteiger charge is -2.24. The van der Waals surface area contributed by atoms with E-state index in [1.807, 2.05) is 27.2 Å². The number of aliphatic hydroxyl groups excluding tert-OH is 1. The van der Waals surface area contributed by atoms with Crippen molar-refractivity contribution in [3.05, 3.63) is 60.8 Å². The van der Waals surface area contributed by atoms with Crippen molar-refractivity contribution >= 4 is 19.8 Å². The summed E-state index contributed by atoms with van der Waals surface area (Å²) in [5, 5.41) is 8.80. The fourth-order valence-corrected chi connectivity index (χ4v) is 6.31. The van der Waals surface area contributed by atoms with Crippen molar-refractivity contribution in [3.8, 4) is 0 Å². The molecule has 0 aliphatic carbocycles. The van der Waals surface area contributed by atoms with E-state index < -0.39 is 32.5 Å². The molecule has 0 rings (SSSR count). The molecule has 0 aromatic carbocycles. The van der Waals surface area contributed by atoms with Crippen LogP contribution in [-0.4, -0.2) is 86.6 Å². The number of carbonyl (C=O) groups is 2. The Hall–Kier alpha value is -2.33. The number of hydrogen-bond acceptors (Lipinski definition) is 8. The van der Waals surface area contributed by atoms with Crippen LogP contribution in [0.1, 0.15) is 161 Å². The predicted octanol–water partition coefficient (Wildman–Crippen LogP) is 11.4. The lowest BCUT2D eigenvalue weighted by molar-refractivity contribution is -0.870. The maximum atomic E-state index is 12.7. The lowest BCUT2D eigenvalue weighted by Crippen LogP contribution is -2.37. The van der Waals surface area contributed by atoms with Crippen molar-refractivity contribution < 1.29 is 47.2 Å². The molecule has 0 radical (unpaired) electrons. The molecule has 0 heterocycles. The highest BCUT2D eigenvalue weighted by atomic mass is 31.2. The van der Waals surface area contributed by atoms with Gasteiger partial charge in [-0.25, -0.2) is 4.57 Å². The average Bonchev–Trinajstić information content (AvgIpc) is 3.16. The summed E-state index contributed by atoms with van der Waals surface area (Å²) in [5.41, 5.74) is 0. The van der Waals surface area contributed by atoms with E-state index in [0.29, 0.717) is 23.9 Å². The summed E-state index contributed by atoms with van der Waals surface area (Å²) < 4.78 is 34.2. The van der Waals surface area contributed by atoms with E-state index in [0.717, 1.165) is 83.5 Å². The second-order valence-electron chi connectivity index (χ2n) is 15.8. The van der Waals surface area contributed by atoms with Gasteiger partial charge in [0.05, 0.1) is 27.7 Å². The highest BCUT2D eigenvalue weighted by molar-refractivity contribution is 7.47. The Morgan fingerprint density at radius 2 is 1.04 bits per heavy atom. The van der Waals surface area contributed by atoms with Crippen LogP contribution >= 0.6 is 7.82 Å². The van der Waals surface area contributed by atoms with Crippen LogP contribution in [0, 0.1) is 0 Å². The Bertz CT molecular complexity index is 1160. The number of hydrogen-bond donors (Lipinski definition) is 2. The van der Waals surface area contributed by atoms with Gasteiger partial charge in [0.15, 0.2) is 6.10 Å². The van der Waals surface area contributed by atoms with E-state index in [9.17, 15) is 19.0 Å². The fourth-order valence-electron chi connectivity index (χ4n) is 5.57. The van der Waals surface area contributed by atoms with Gasteiger partial charge in [-0.2, -0.15) is 0 Å². The molecule has 0 amide bonds. The van der Waals surface area contributed by atoms with Gasteiger partial charge >= 0.3 is 19.8 Å². The maximum absolute atomic E-state index is 12.7. The number of unbranched alkanes of at least 4 members (excludes halogenated alkanes) is 15. The SMILES string of the molecule is CCCCCCCC/C=C\CCCCCCCC(=O)O[C@H](COC(=O)CCC/C=C\C/C=C\C/C=C\C/C=C\CCCCCO)COP(=O)(O)OCC[N+](C)(C)C. The number of carbonyl (C=O) groups excluding carboxylic acids is 2. The van der Waals surface area contributed by atoms with Gasteiger partial charge in [-0.05, 0) is 83.5 Å². The maximum Gasteiger partial charge on any atom is 0.472 e. The van der Waals surface area contributed by atoms with Gasteiger partial charge in [0, 0.05) is 19.4 Å². The third-order valence-corrected chi connectivity index (χ3v) is 10.1. The largest absolute Gasteiger partial charge is 0.472 e. The zero-order chi connectivity index (χ0) is 42.1. The van der Waals surface area contributed by atoms with Crippen LogP contribution in [0.25, 0.3) is 0 Å². The third kappa shape index (κ3) is 43.1. The summed E-state index contributed by atoms with van der Waals surface area (Å²) in [6.45, 7) is 2.33. The number of aliphatic hydroxyl groups is 1. The van der Waals surface area contributed by atoms with E-state index in [-0.39, 0.29) is 32.7 Å². The molecule has 0 aliphatic heterocycles. The van der Waals surface area contributed by atoms with E-state index in [1.54, 1.807) is 0 Å². The molecule has 57 heavy (non-hydrogen) atoms. The van der Waals surface area contributed by atoms with Crippen molar-refractivity contribution in [2.75, 3.05) is 54.1 Å². The number of quaternary nitrogens is 1. The van der Waals surface area contributed by atoms with Crippen LogP contribution in [-0.2, 0) is 32.7 Å². The molecule has 0 saturated carbocycles. The molecular formula is C46H83NO9P+. The Morgan fingerprint density at radius 1 is 0.579 bits per heavy atom. The molecule has 1 unspecified atom stereocenters. The van der Waals surface area contributed by atoms with Crippen LogP contribution in [0.2, 0.25) is 0 Å². The molecule has 0 aromatic heterocycles. The highest BCUT2D eigenvalue weighted by Crippen LogP contribution is 2.43. The number of allylic oxidation sites excluding steroid dienone is 10. The minimum absolute atomic E-state index is 0.0148. The molecule has 0 saturated heterocycles. The zero-order valence-electron chi connectivity index (χ0n) is 36.5. The second kappa shape index (κ2) is 39.1. The molecular weight excluding hydrogens is 741 g/mol. The van der Waals surface area contributed by atoms with Gasteiger partial charge in [-0.1, -0.05) is 125 Å². The number of nitrogens with zero attached hydrogens (tertiary/aromatic N) is 1. The molecule has 0 bridgehead atoms. The monoisotopic (exact) mass is 825 g/mol. The van der Waals surface area contributed by atoms with Gasteiger partial charge in [-0.3, -0.25) is 18.6 Å². The first-order valence-electron chi connectivity index (χ1n) is 22.1. The lowest BCUT2D eigenvalue weighted by atomic mass is 10.1. The van der Waals surface area contributed by atoms with Crippen LogP contribution in [0.4, 0.5) is 0 Å². The number of phosphoric acid groups is 1. The fraction of sp³-hybridized carbons (Fsp3) is 0.739. The smallest absolute Gasteiger partial charge is 0.462 e. The van der Waals surface area contributed by atoms with Crippen molar-refractivity contribution in [1.82, 2.24) is 0 Å². The third-order valence-electron chi connectivity index (χ3n) is 9.07. The van der Waals surface area contributed by atoms with Crippen molar-refractivity contribution in [3.63, 3.8) is 0 Å². The van der Waals surface area contributed by atoms with Gasteiger partial charge < -0.3 is 24.0 Å². The highest BCUT2D eigenvalue weighted by Gasteiger charge is 2.27. The average molecular weight is 825 g/mol. The number of likely N-dealkylation sites (N-methyl/N-ethyl adjacent to an activating group) is 1. The molecule has 10 nitrogen and oxygen atoms in total. The Morgan fingerprint density at radius 3 is 1.58 bits per heavy atom. The Balaban J connectivity index is 4.46. The van der Waals surface area contributed by atoms with Gasteiger partial charge in [-0.15, -0.1) is 0 Å². The van der Waals surface area contributed by atoms with Crippen LogP contribution in [0.15, 0.2) is 60.8 Å². The van der Waals surface area contributed by atoms with E-state index >= 15 is 0 Å². The van der Waals surface area contributed by atoms with Crippen molar-refractivity contribution in [1.29, 1.82) is 0 Å². The first kappa shape index (κ1) is 54.7. The summed E-state index contributed by atoms with van der Waals surface area (Å²) in [4.78, 5) is 35.3. The Kier molecular flexibility index (Phi) is 37.5. The number of phosphoric ester groups is 1. The zero-order valence-corrected chi connectivity index (χ0v) is 37.4. The first-order valence-corrected chi connectivity index (χ1v) is 23.6. The summed E-state index contributed by atoms with van der Waals surface area (Å²) in [5.74, 6) is -0.892. The molecule has 0 spiro atoms. The standard InChI is InChI=1S/C46H82NO9P/c1-5-6-7-8-9-10-11-12-16-20-23-26-29-32-35-38-46(50)56-44(43-55-57(51,52)54-41-39-47(2,3)4)42-53-45(49)37-34-31-28-25-22-19-17-14-13-15-18-21-24-27-30-33-36-40-48/h12-13,15-17,19,21,24-25,28,44,48H,5-11,14,18,20,22-23,26-27,29-43H2,1-4H3/p+1/b15-13-,16-12-,19-17-,24-21-,28-25-/t44-/m1/s1. The topological polar surface area (TPSA) is 129 Å². The number of ether oxygens (including phenoxy) is 2. The van der Waals surface area contributed by atoms with Gasteiger partial charge in [0.2, 0.25) is 0 Å². The summed E-state index contributed by atoms with van der Waals surface area (Å²) in [6.07, 6.45) is 44.3. The van der Waals surface area contributed by atoms with E-state index in [4.69, 9.17) is 23.6 Å². The normalized spacial score (nSPS) is 14.1. The molecule has 330 valence electrons. The minimum Gasteiger partial charge on any atom is -0.462 e. The second-order valence-corrected chi connectivity index (χ2v) is 17.3. The summed E-state index contributed by atoms with van der Waals surface area (Å²) in [6, 6.07) is 0. The van der Waals surface area contributed by atoms with Crippen LogP contribution in [0.5, 0.6) is 0 Å². The quantitative estimate of drug-likeness (QED) is 0.0204.